The third-order valence-corrected chi connectivity index (χ3v) is 4.44. The predicted octanol–water partition coefficient (Wildman–Crippen LogP) is 1.84. The first-order valence-electron chi connectivity index (χ1n) is 6.38. The largest absolute Gasteiger partial charge is 0.339 e. The Morgan fingerprint density at radius 1 is 1.50 bits per heavy atom. The Hall–Kier alpha value is -0.810. The zero-order valence-corrected chi connectivity index (χ0v) is 12.5. The summed E-state index contributed by atoms with van der Waals surface area (Å²) in [5.41, 5.74) is 2.25. The first kappa shape index (κ1) is 13.6. The van der Waals surface area contributed by atoms with E-state index >= 15 is 0 Å². The highest BCUT2D eigenvalue weighted by Crippen LogP contribution is 2.31. The fourth-order valence-electron chi connectivity index (χ4n) is 2.18. The number of anilines is 1. The lowest BCUT2D eigenvalue weighted by atomic mass is 10.2. The van der Waals surface area contributed by atoms with Crippen molar-refractivity contribution in [2.24, 2.45) is 0 Å². The number of nitrogens with one attached hydrogen (secondary N) is 1. The average molecular weight is 266 g/mol. The van der Waals surface area contributed by atoms with E-state index in [-0.39, 0.29) is 0 Å². The van der Waals surface area contributed by atoms with Crippen LogP contribution in [-0.4, -0.2) is 40.6 Å². The minimum atomic E-state index is 0.291. The highest BCUT2D eigenvalue weighted by Gasteiger charge is 2.28. The van der Waals surface area contributed by atoms with E-state index in [2.05, 4.69) is 41.0 Å². The van der Waals surface area contributed by atoms with Crippen molar-refractivity contribution in [3.05, 3.63) is 17.5 Å². The third kappa shape index (κ3) is 3.14. The van der Waals surface area contributed by atoms with Crippen LogP contribution in [0.1, 0.15) is 25.1 Å². The molecule has 0 amide bonds. The van der Waals surface area contributed by atoms with Crippen molar-refractivity contribution in [3.63, 3.8) is 0 Å². The van der Waals surface area contributed by atoms with Gasteiger partial charge in [0.15, 0.2) is 0 Å². The molecule has 0 saturated carbocycles. The summed E-state index contributed by atoms with van der Waals surface area (Å²) in [6.45, 7) is 9.51. The Bertz CT molecular complexity index is 419. The predicted molar refractivity (Wildman–Crippen MR) is 78.3 cm³/mol. The number of aryl methyl sites for hydroxylation is 1. The fourth-order valence-corrected chi connectivity index (χ4v) is 3.29. The van der Waals surface area contributed by atoms with E-state index in [4.69, 9.17) is 0 Å². The molecule has 0 aromatic carbocycles. The highest BCUT2D eigenvalue weighted by molar-refractivity contribution is 8.00. The van der Waals surface area contributed by atoms with Crippen LogP contribution in [-0.2, 0) is 6.54 Å². The molecule has 2 rings (SSSR count). The zero-order valence-electron chi connectivity index (χ0n) is 11.7. The number of aromatic nitrogens is 2. The van der Waals surface area contributed by atoms with E-state index in [0.29, 0.717) is 4.75 Å². The van der Waals surface area contributed by atoms with Gasteiger partial charge in [-0.15, -0.1) is 0 Å². The van der Waals surface area contributed by atoms with E-state index < -0.39 is 0 Å². The Balaban J connectivity index is 2.16. The second kappa shape index (κ2) is 5.45. The molecule has 1 aromatic rings. The molecule has 0 atom stereocenters. The third-order valence-electron chi connectivity index (χ3n) is 3.14. The van der Waals surface area contributed by atoms with Crippen LogP contribution < -0.4 is 10.2 Å². The molecule has 1 aromatic heterocycles. The van der Waals surface area contributed by atoms with Gasteiger partial charge in [0, 0.05) is 47.6 Å². The molecule has 1 fully saturated rings. The Labute approximate surface area is 114 Å². The van der Waals surface area contributed by atoms with E-state index in [0.717, 1.165) is 37.0 Å². The number of hydrogen-bond acceptors (Lipinski definition) is 5. The molecule has 5 heteroatoms. The van der Waals surface area contributed by atoms with Gasteiger partial charge in [0.05, 0.1) is 0 Å². The first-order chi connectivity index (χ1) is 8.52. The minimum Gasteiger partial charge on any atom is -0.339 e. The van der Waals surface area contributed by atoms with E-state index in [1.807, 2.05) is 25.0 Å². The van der Waals surface area contributed by atoms with Gasteiger partial charge < -0.3 is 10.2 Å². The molecule has 1 aliphatic rings. The van der Waals surface area contributed by atoms with Crippen LogP contribution in [0, 0.1) is 6.92 Å². The van der Waals surface area contributed by atoms with Crippen LogP contribution in [0.4, 0.5) is 5.95 Å². The van der Waals surface area contributed by atoms with Crippen LogP contribution in [0.3, 0.4) is 0 Å². The van der Waals surface area contributed by atoms with E-state index in [9.17, 15) is 0 Å². The van der Waals surface area contributed by atoms with Crippen LogP contribution in [0.2, 0.25) is 0 Å². The van der Waals surface area contributed by atoms with E-state index in [1.165, 1.54) is 5.56 Å². The lowest BCUT2D eigenvalue weighted by Crippen LogP contribution is -2.44. The van der Waals surface area contributed by atoms with Crippen molar-refractivity contribution >= 4 is 17.7 Å². The molecular formula is C13H22N4S. The summed E-state index contributed by atoms with van der Waals surface area (Å²) >= 11 is 2.03. The standard InChI is InChI=1S/C13H22N4S/c1-10-11(7-14-4)8-15-12(16-10)17-5-6-18-13(2,3)9-17/h8,14H,5-7,9H2,1-4H3. The van der Waals surface area contributed by atoms with Crippen molar-refractivity contribution in [2.75, 3.05) is 30.8 Å². The summed E-state index contributed by atoms with van der Waals surface area (Å²) in [5, 5.41) is 3.14. The van der Waals surface area contributed by atoms with Gasteiger partial charge in [-0.2, -0.15) is 11.8 Å². The van der Waals surface area contributed by atoms with Crippen LogP contribution in [0.15, 0.2) is 6.20 Å². The smallest absolute Gasteiger partial charge is 0.225 e. The number of thioether (sulfide) groups is 1. The molecule has 0 unspecified atom stereocenters. The van der Waals surface area contributed by atoms with Crippen molar-refractivity contribution in [1.29, 1.82) is 0 Å². The average Bonchev–Trinajstić information content (AvgIpc) is 2.30. The highest BCUT2D eigenvalue weighted by atomic mass is 32.2. The molecule has 100 valence electrons. The van der Waals surface area contributed by atoms with Gasteiger partial charge in [-0.1, -0.05) is 0 Å². The first-order valence-corrected chi connectivity index (χ1v) is 7.36. The van der Waals surface area contributed by atoms with Crippen LogP contribution in [0.25, 0.3) is 0 Å². The van der Waals surface area contributed by atoms with Gasteiger partial charge >= 0.3 is 0 Å². The molecule has 1 N–H and O–H groups in total. The molecule has 0 radical (unpaired) electrons. The number of hydrogen-bond donors (Lipinski definition) is 1. The molecule has 2 heterocycles. The molecule has 0 spiro atoms. The molecule has 4 nitrogen and oxygen atoms in total. The maximum absolute atomic E-state index is 4.65. The normalized spacial score (nSPS) is 19.0. The summed E-state index contributed by atoms with van der Waals surface area (Å²) < 4.78 is 0.291. The quantitative estimate of drug-likeness (QED) is 0.904. The number of nitrogens with zero attached hydrogens (tertiary/aromatic N) is 3. The Morgan fingerprint density at radius 3 is 2.89 bits per heavy atom. The van der Waals surface area contributed by atoms with Gasteiger partial charge in [0.1, 0.15) is 0 Å². The minimum absolute atomic E-state index is 0.291. The van der Waals surface area contributed by atoms with Crippen LogP contribution >= 0.6 is 11.8 Å². The molecular weight excluding hydrogens is 244 g/mol. The molecule has 18 heavy (non-hydrogen) atoms. The Morgan fingerprint density at radius 2 is 2.28 bits per heavy atom. The molecule has 0 bridgehead atoms. The fraction of sp³-hybridized carbons (Fsp3) is 0.692. The zero-order chi connectivity index (χ0) is 13.2. The second-order valence-electron chi connectivity index (χ2n) is 5.34. The molecule has 1 saturated heterocycles. The van der Waals surface area contributed by atoms with Gasteiger partial charge in [-0.05, 0) is 27.8 Å². The van der Waals surface area contributed by atoms with Gasteiger partial charge in [-0.3, -0.25) is 0 Å². The van der Waals surface area contributed by atoms with Crippen molar-refractivity contribution in [3.8, 4) is 0 Å². The maximum atomic E-state index is 4.65. The van der Waals surface area contributed by atoms with Crippen molar-refractivity contribution in [2.45, 2.75) is 32.1 Å². The summed E-state index contributed by atoms with van der Waals surface area (Å²) in [4.78, 5) is 11.5. The molecule has 0 aliphatic carbocycles. The van der Waals surface area contributed by atoms with Crippen LogP contribution in [0.5, 0.6) is 0 Å². The summed E-state index contributed by atoms with van der Waals surface area (Å²) in [6, 6.07) is 0. The van der Waals surface area contributed by atoms with Gasteiger partial charge in [-0.25, -0.2) is 9.97 Å². The Kier molecular flexibility index (Phi) is 4.12. The molecule has 1 aliphatic heterocycles. The van der Waals surface area contributed by atoms with Crippen molar-refractivity contribution in [1.82, 2.24) is 15.3 Å². The van der Waals surface area contributed by atoms with Crippen molar-refractivity contribution < 1.29 is 0 Å². The summed E-state index contributed by atoms with van der Waals surface area (Å²) in [6.07, 6.45) is 1.95. The SMILES string of the molecule is CNCc1cnc(N2CCSC(C)(C)C2)nc1C. The summed E-state index contributed by atoms with van der Waals surface area (Å²) in [5.74, 6) is 2.02. The lowest BCUT2D eigenvalue weighted by molar-refractivity contribution is 0.633. The monoisotopic (exact) mass is 266 g/mol. The maximum Gasteiger partial charge on any atom is 0.225 e. The number of rotatable bonds is 3. The second-order valence-corrected chi connectivity index (χ2v) is 7.14. The van der Waals surface area contributed by atoms with Gasteiger partial charge in [0.25, 0.3) is 0 Å². The topological polar surface area (TPSA) is 41.1 Å². The summed E-state index contributed by atoms with van der Waals surface area (Å²) in [7, 11) is 1.94. The lowest BCUT2D eigenvalue weighted by Gasteiger charge is -2.37. The van der Waals surface area contributed by atoms with E-state index in [1.54, 1.807) is 0 Å². The van der Waals surface area contributed by atoms with Gasteiger partial charge in [0.2, 0.25) is 5.95 Å².